The molecule has 0 radical (unpaired) electrons. The minimum Gasteiger partial charge on any atom is -0.508 e. The fraction of sp³-hybridized carbons (Fsp3) is 0.130. The molecular weight excluding hydrogens is 341 g/mol. The summed E-state index contributed by atoms with van der Waals surface area (Å²) in [6.45, 7) is 2.75. The van der Waals surface area contributed by atoms with E-state index >= 15 is 0 Å². The van der Waals surface area contributed by atoms with Gasteiger partial charge in [-0.1, -0.05) is 6.92 Å². The van der Waals surface area contributed by atoms with Gasteiger partial charge in [-0.3, -0.25) is 0 Å². The topological polar surface area (TPSA) is 34.4 Å². The van der Waals surface area contributed by atoms with Crippen molar-refractivity contribution in [3.63, 3.8) is 0 Å². The zero-order valence-corrected chi connectivity index (χ0v) is 15.0. The molecule has 1 aromatic heterocycles. The van der Waals surface area contributed by atoms with E-state index in [1.165, 1.54) is 12.1 Å². The number of hydrogen-bond acceptors (Lipinski definition) is 2. The Labute approximate surface area is 157 Å². The van der Waals surface area contributed by atoms with E-state index < -0.39 is 0 Å². The fourth-order valence-corrected chi connectivity index (χ4v) is 3.22. The zero-order valence-electron chi connectivity index (χ0n) is 15.0. The number of aromatic nitrogens is 1. The van der Waals surface area contributed by atoms with Gasteiger partial charge in [0.1, 0.15) is 17.3 Å². The molecule has 0 saturated carbocycles. The zero-order chi connectivity index (χ0) is 18.8. The molecule has 27 heavy (non-hydrogen) atoms. The van der Waals surface area contributed by atoms with Crippen LogP contribution in [0, 0.1) is 5.82 Å². The minimum atomic E-state index is -0.263. The van der Waals surface area contributed by atoms with Gasteiger partial charge in [-0.25, -0.2) is 4.39 Å². The van der Waals surface area contributed by atoms with Crippen LogP contribution in [0.15, 0.2) is 72.8 Å². The third-order valence-corrected chi connectivity index (χ3v) is 4.49. The number of phenolic OH excluding ortho intramolecular Hbond substituents is 1. The van der Waals surface area contributed by atoms with Gasteiger partial charge in [-0.2, -0.15) is 0 Å². The molecule has 4 aromatic rings. The molecule has 1 N–H and O–H groups in total. The van der Waals surface area contributed by atoms with Crippen molar-refractivity contribution < 1.29 is 14.2 Å². The smallest absolute Gasteiger partial charge is 0.123 e. The van der Waals surface area contributed by atoms with E-state index in [1.807, 2.05) is 30.3 Å². The van der Waals surface area contributed by atoms with Gasteiger partial charge < -0.3 is 14.4 Å². The molecule has 4 heteroatoms. The first-order valence-corrected chi connectivity index (χ1v) is 8.99. The van der Waals surface area contributed by atoms with Gasteiger partial charge in [0.2, 0.25) is 0 Å². The summed E-state index contributed by atoms with van der Waals surface area (Å²) in [4.78, 5) is 0. The molecule has 136 valence electrons. The maximum absolute atomic E-state index is 13.4. The SMILES string of the molecule is CCCOc1ccc2c(c1)cc(-c1ccc(F)cc1)n2-c1ccc(O)cc1. The van der Waals surface area contributed by atoms with E-state index in [2.05, 4.69) is 17.6 Å². The van der Waals surface area contributed by atoms with E-state index in [0.29, 0.717) is 6.61 Å². The lowest BCUT2D eigenvalue weighted by Crippen LogP contribution is -1.97. The third kappa shape index (κ3) is 3.38. The average Bonchev–Trinajstić information content (AvgIpc) is 3.06. The van der Waals surface area contributed by atoms with Crippen LogP contribution in [-0.2, 0) is 0 Å². The van der Waals surface area contributed by atoms with Crippen LogP contribution in [0.4, 0.5) is 4.39 Å². The number of nitrogens with zero attached hydrogens (tertiary/aromatic N) is 1. The normalized spacial score (nSPS) is 11.0. The highest BCUT2D eigenvalue weighted by molar-refractivity contribution is 5.90. The Morgan fingerprint density at radius 2 is 1.67 bits per heavy atom. The number of benzene rings is 3. The number of phenols is 1. The van der Waals surface area contributed by atoms with Gasteiger partial charge in [0.05, 0.1) is 17.8 Å². The van der Waals surface area contributed by atoms with Crippen LogP contribution in [0.3, 0.4) is 0 Å². The molecule has 0 spiro atoms. The molecule has 4 rings (SSSR count). The number of ether oxygens (including phenoxy) is 1. The maximum atomic E-state index is 13.4. The van der Waals surface area contributed by atoms with Crippen LogP contribution in [0.5, 0.6) is 11.5 Å². The van der Waals surface area contributed by atoms with Gasteiger partial charge in [0, 0.05) is 11.1 Å². The Morgan fingerprint density at radius 3 is 2.37 bits per heavy atom. The summed E-state index contributed by atoms with van der Waals surface area (Å²) in [5.74, 6) is 0.785. The van der Waals surface area contributed by atoms with Crippen molar-refractivity contribution in [3.8, 4) is 28.4 Å². The predicted octanol–water partition coefficient (Wildman–Crippen LogP) is 5.93. The summed E-state index contributed by atoms with van der Waals surface area (Å²) in [5, 5.41) is 10.7. The van der Waals surface area contributed by atoms with Crippen molar-refractivity contribution in [3.05, 3.63) is 78.6 Å². The minimum absolute atomic E-state index is 0.216. The van der Waals surface area contributed by atoms with Crippen LogP contribution in [0.25, 0.3) is 27.8 Å². The lowest BCUT2D eigenvalue weighted by atomic mass is 10.1. The van der Waals surface area contributed by atoms with Crippen molar-refractivity contribution in [2.45, 2.75) is 13.3 Å². The monoisotopic (exact) mass is 361 g/mol. The van der Waals surface area contributed by atoms with Crippen LogP contribution in [0.1, 0.15) is 13.3 Å². The highest BCUT2D eigenvalue weighted by atomic mass is 19.1. The van der Waals surface area contributed by atoms with Crippen molar-refractivity contribution in [1.29, 1.82) is 0 Å². The van der Waals surface area contributed by atoms with E-state index in [0.717, 1.165) is 40.0 Å². The summed E-state index contributed by atoms with van der Waals surface area (Å²) >= 11 is 0. The summed E-state index contributed by atoms with van der Waals surface area (Å²) < 4.78 is 21.3. The van der Waals surface area contributed by atoms with E-state index in [1.54, 1.807) is 24.3 Å². The van der Waals surface area contributed by atoms with Crippen molar-refractivity contribution >= 4 is 10.9 Å². The summed E-state index contributed by atoms with van der Waals surface area (Å²) in [5.41, 5.74) is 3.80. The number of rotatable bonds is 5. The Balaban J connectivity index is 1.92. The van der Waals surface area contributed by atoms with Gasteiger partial charge in [-0.15, -0.1) is 0 Å². The molecule has 0 amide bonds. The van der Waals surface area contributed by atoms with Gasteiger partial charge >= 0.3 is 0 Å². The number of halogens is 1. The quantitative estimate of drug-likeness (QED) is 0.478. The van der Waals surface area contributed by atoms with E-state index in [-0.39, 0.29) is 11.6 Å². The Kier molecular flexibility index (Phi) is 4.55. The van der Waals surface area contributed by atoms with Gasteiger partial charge in [0.25, 0.3) is 0 Å². The molecule has 0 aliphatic heterocycles. The molecule has 0 aliphatic rings. The molecule has 0 saturated heterocycles. The highest BCUT2D eigenvalue weighted by Crippen LogP contribution is 2.34. The Hall–Kier alpha value is -3.27. The van der Waals surface area contributed by atoms with Crippen molar-refractivity contribution in [2.24, 2.45) is 0 Å². The second-order valence-corrected chi connectivity index (χ2v) is 6.46. The molecule has 1 heterocycles. The van der Waals surface area contributed by atoms with Crippen molar-refractivity contribution in [1.82, 2.24) is 4.57 Å². The fourth-order valence-electron chi connectivity index (χ4n) is 3.22. The first-order chi connectivity index (χ1) is 13.2. The van der Waals surface area contributed by atoms with Crippen LogP contribution < -0.4 is 4.74 Å². The molecular formula is C23H20FNO2. The Bertz CT molecular complexity index is 1070. The lowest BCUT2D eigenvalue weighted by molar-refractivity contribution is 0.318. The maximum Gasteiger partial charge on any atom is 0.123 e. The Morgan fingerprint density at radius 1 is 0.926 bits per heavy atom. The summed E-state index contributed by atoms with van der Waals surface area (Å²) in [7, 11) is 0. The summed E-state index contributed by atoms with van der Waals surface area (Å²) in [6, 6.07) is 21.6. The van der Waals surface area contributed by atoms with Crippen molar-refractivity contribution in [2.75, 3.05) is 6.61 Å². The molecule has 0 fully saturated rings. The second-order valence-electron chi connectivity index (χ2n) is 6.46. The molecule has 0 bridgehead atoms. The number of hydrogen-bond donors (Lipinski definition) is 1. The van der Waals surface area contributed by atoms with Crippen LogP contribution >= 0.6 is 0 Å². The van der Waals surface area contributed by atoms with Crippen LogP contribution in [0.2, 0.25) is 0 Å². The highest BCUT2D eigenvalue weighted by Gasteiger charge is 2.13. The molecule has 0 unspecified atom stereocenters. The lowest BCUT2D eigenvalue weighted by Gasteiger charge is -2.12. The third-order valence-electron chi connectivity index (χ3n) is 4.49. The largest absolute Gasteiger partial charge is 0.508 e. The molecule has 3 aromatic carbocycles. The predicted molar refractivity (Wildman–Crippen MR) is 106 cm³/mol. The summed E-state index contributed by atoms with van der Waals surface area (Å²) in [6.07, 6.45) is 0.952. The van der Waals surface area contributed by atoms with Crippen LogP contribution in [-0.4, -0.2) is 16.3 Å². The van der Waals surface area contributed by atoms with Gasteiger partial charge in [-0.05, 0) is 84.8 Å². The molecule has 0 aliphatic carbocycles. The van der Waals surface area contributed by atoms with E-state index in [9.17, 15) is 9.50 Å². The first-order valence-electron chi connectivity index (χ1n) is 8.99. The molecule has 0 atom stereocenters. The number of aromatic hydroxyl groups is 1. The number of fused-ring (bicyclic) bond motifs is 1. The van der Waals surface area contributed by atoms with Gasteiger partial charge in [0.15, 0.2) is 0 Å². The second kappa shape index (κ2) is 7.16. The molecule has 3 nitrogen and oxygen atoms in total. The first kappa shape index (κ1) is 17.2. The average molecular weight is 361 g/mol. The van der Waals surface area contributed by atoms with E-state index in [4.69, 9.17) is 4.74 Å². The standard InChI is InChI=1S/C23H20FNO2/c1-2-13-27-21-11-12-22-17(14-21)15-23(16-3-5-18(24)6-4-16)25(22)19-7-9-20(26)10-8-19/h3-12,14-15,26H,2,13H2,1H3.